The molecule has 0 fully saturated rings. The number of terminal acetylenes is 1. The second kappa shape index (κ2) is 7.38. The van der Waals surface area contributed by atoms with E-state index in [-0.39, 0.29) is 5.56 Å². The van der Waals surface area contributed by atoms with E-state index in [1.165, 1.54) is 6.07 Å². The molecule has 5 heteroatoms. The molecule has 0 aliphatic carbocycles. The van der Waals surface area contributed by atoms with Gasteiger partial charge in [0, 0.05) is 16.8 Å². The smallest absolute Gasteiger partial charge is 0.322 e. The Morgan fingerprint density at radius 1 is 0.926 bits per heavy atom. The predicted molar refractivity (Wildman–Crippen MR) is 99.2 cm³/mol. The molecule has 0 aliphatic heterocycles. The van der Waals surface area contributed by atoms with Gasteiger partial charge in [-0.2, -0.15) is 13.2 Å². The first kappa shape index (κ1) is 18.3. The Balaban J connectivity index is 2.02. The number of hydrogen-bond acceptors (Lipinski definition) is 1. The van der Waals surface area contributed by atoms with Crippen LogP contribution in [0.15, 0.2) is 72.8 Å². The third-order valence-corrected chi connectivity index (χ3v) is 3.99. The normalized spacial score (nSPS) is 10.9. The number of anilines is 1. The molecule has 3 aromatic rings. The third kappa shape index (κ3) is 4.18. The van der Waals surface area contributed by atoms with Crippen molar-refractivity contribution in [2.45, 2.75) is 6.18 Å². The molecule has 0 bridgehead atoms. The van der Waals surface area contributed by atoms with Crippen LogP contribution in [0.5, 0.6) is 0 Å². The van der Waals surface area contributed by atoms with Gasteiger partial charge in [0.15, 0.2) is 0 Å². The number of nitrogens with one attached hydrogen (secondary N) is 1. The van der Waals surface area contributed by atoms with Crippen LogP contribution in [-0.2, 0) is 6.18 Å². The summed E-state index contributed by atoms with van der Waals surface area (Å²) in [4.78, 5) is 12.7. The zero-order valence-corrected chi connectivity index (χ0v) is 14.0. The topological polar surface area (TPSA) is 29.1 Å². The Labute approximate surface area is 154 Å². The molecule has 3 aromatic carbocycles. The highest BCUT2D eigenvalue weighted by Crippen LogP contribution is 2.33. The van der Waals surface area contributed by atoms with Gasteiger partial charge in [-0.3, -0.25) is 4.79 Å². The highest BCUT2D eigenvalue weighted by molar-refractivity contribution is 6.08. The molecule has 27 heavy (non-hydrogen) atoms. The van der Waals surface area contributed by atoms with Crippen LogP contribution in [0, 0.1) is 12.3 Å². The molecule has 3 rings (SSSR count). The van der Waals surface area contributed by atoms with Crippen LogP contribution in [-0.4, -0.2) is 5.91 Å². The van der Waals surface area contributed by atoms with E-state index in [4.69, 9.17) is 6.42 Å². The molecule has 0 aromatic heterocycles. The lowest BCUT2D eigenvalue weighted by Gasteiger charge is -2.14. The highest BCUT2D eigenvalue weighted by atomic mass is 19.4. The van der Waals surface area contributed by atoms with Crippen molar-refractivity contribution in [1.29, 1.82) is 0 Å². The minimum Gasteiger partial charge on any atom is -0.322 e. The van der Waals surface area contributed by atoms with E-state index < -0.39 is 17.6 Å². The van der Waals surface area contributed by atoms with E-state index in [0.29, 0.717) is 22.4 Å². The minimum atomic E-state index is -4.54. The van der Waals surface area contributed by atoms with Crippen LogP contribution in [0.1, 0.15) is 21.5 Å². The average molecular weight is 365 g/mol. The molecular weight excluding hydrogens is 351 g/mol. The molecule has 0 saturated heterocycles. The SMILES string of the molecule is C#Cc1ccc(NC(=O)c2cc(C(F)(F)F)ccc2-c2ccccc2)cc1. The van der Waals surface area contributed by atoms with Gasteiger partial charge in [-0.1, -0.05) is 42.3 Å². The van der Waals surface area contributed by atoms with Gasteiger partial charge < -0.3 is 5.32 Å². The number of benzene rings is 3. The lowest BCUT2D eigenvalue weighted by Crippen LogP contribution is -2.15. The lowest BCUT2D eigenvalue weighted by molar-refractivity contribution is -0.137. The maximum atomic E-state index is 13.1. The third-order valence-electron chi connectivity index (χ3n) is 3.99. The summed E-state index contributed by atoms with van der Waals surface area (Å²) in [5, 5.41) is 2.62. The van der Waals surface area contributed by atoms with Crippen molar-refractivity contribution < 1.29 is 18.0 Å². The molecule has 0 saturated carbocycles. The van der Waals surface area contributed by atoms with E-state index in [1.54, 1.807) is 54.6 Å². The van der Waals surface area contributed by atoms with E-state index >= 15 is 0 Å². The first-order valence-corrected chi connectivity index (χ1v) is 8.03. The van der Waals surface area contributed by atoms with Gasteiger partial charge in [-0.15, -0.1) is 6.42 Å². The fourth-order valence-corrected chi connectivity index (χ4v) is 2.63. The Hall–Kier alpha value is -3.52. The van der Waals surface area contributed by atoms with Crippen LogP contribution in [0.25, 0.3) is 11.1 Å². The molecular formula is C22H14F3NO. The number of alkyl halides is 3. The van der Waals surface area contributed by atoms with Gasteiger partial charge in [-0.05, 0) is 47.5 Å². The van der Waals surface area contributed by atoms with Gasteiger partial charge in [0.1, 0.15) is 0 Å². The maximum absolute atomic E-state index is 13.1. The fourth-order valence-electron chi connectivity index (χ4n) is 2.63. The number of rotatable bonds is 3. The predicted octanol–water partition coefficient (Wildman–Crippen LogP) is 5.61. The molecule has 134 valence electrons. The van der Waals surface area contributed by atoms with Crippen molar-refractivity contribution >= 4 is 11.6 Å². The summed E-state index contributed by atoms with van der Waals surface area (Å²) in [6.45, 7) is 0. The quantitative estimate of drug-likeness (QED) is 0.601. The van der Waals surface area contributed by atoms with Crippen molar-refractivity contribution in [2.24, 2.45) is 0 Å². The second-order valence-corrected chi connectivity index (χ2v) is 5.80. The van der Waals surface area contributed by atoms with E-state index in [0.717, 1.165) is 12.1 Å². The summed E-state index contributed by atoms with van der Waals surface area (Å²) in [7, 11) is 0. The molecule has 1 amide bonds. The monoisotopic (exact) mass is 365 g/mol. The van der Waals surface area contributed by atoms with Crippen LogP contribution >= 0.6 is 0 Å². The summed E-state index contributed by atoms with van der Waals surface area (Å²) in [5.74, 6) is 1.83. The van der Waals surface area contributed by atoms with Crippen LogP contribution in [0.2, 0.25) is 0 Å². The van der Waals surface area contributed by atoms with Crippen molar-refractivity contribution in [3.8, 4) is 23.5 Å². The van der Waals surface area contributed by atoms with Crippen LogP contribution < -0.4 is 5.32 Å². The summed E-state index contributed by atoms with van der Waals surface area (Å²) in [6.07, 6.45) is 0.747. The summed E-state index contributed by atoms with van der Waals surface area (Å²) >= 11 is 0. The molecule has 0 heterocycles. The lowest BCUT2D eigenvalue weighted by atomic mass is 9.96. The van der Waals surface area contributed by atoms with Crippen LogP contribution in [0.4, 0.5) is 18.9 Å². The first-order chi connectivity index (χ1) is 12.9. The van der Waals surface area contributed by atoms with Crippen molar-refractivity contribution in [3.63, 3.8) is 0 Å². The van der Waals surface area contributed by atoms with Gasteiger partial charge in [0.2, 0.25) is 0 Å². The molecule has 1 N–H and O–H groups in total. The highest BCUT2D eigenvalue weighted by Gasteiger charge is 2.32. The first-order valence-electron chi connectivity index (χ1n) is 8.03. The summed E-state index contributed by atoms with van der Waals surface area (Å²) < 4.78 is 39.4. The zero-order valence-electron chi connectivity index (χ0n) is 14.0. The van der Waals surface area contributed by atoms with Crippen molar-refractivity contribution in [1.82, 2.24) is 0 Å². The number of carbonyl (C=O) groups excluding carboxylic acids is 1. The maximum Gasteiger partial charge on any atom is 0.416 e. The van der Waals surface area contributed by atoms with Gasteiger partial charge in [0.25, 0.3) is 5.91 Å². The Morgan fingerprint density at radius 3 is 2.19 bits per heavy atom. The average Bonchev–Trinajstić information content (AvgIpc) is 2.68. The van der Waals surface area contributed by atoms with Gasteiger partial charge in [-0.25, -0.2) is 0 Å². The Bertz CT molecular complexity index is 1000. The van der Waals surface area contributed by atoms with Crippen LogP contribution in [0.3, 0.4) is 0 Å². The van der Waals surface area contributed by atoms with E-state index in [9.17, 15) is 18.0 Å². The number of halogens is 3. The zero-order chi connectivity index (χ0) is 19.4. The minimum absolute atomic E-state index is 0.0583. The largest absolute Gasteiger partial charge is 0.416 e. The number of amides is 1. The molecule has 2 nitrogen and oxygen atoms in total. The summed E-state index contributed by atoms with van der Waals surface area (Å²) in [6, 6.07) is 18.4. The molecule has 0 unspecified atom stereocenters. The fraction of sp³-hybridized carbons (Fsp3) is 0.0455. The van der Waals surface area contributed by atoms with Gasteiger partial charge >= 0.3 is 6.18 Å². The standard InChI is InChI=1S/C22H14F3NO/c1-2-15-8-11-18(12-9-15)26-21(27)20-14-17(22(23,24)25)10-13-19(20)16-6-4-3-5-7-16/h1,3-14H,(H,26,27). The molecule has 0 spiro atoms. The van der Waals surface area contributed by atoms with Crippen molar-refractivity contribution in [2.75, 3.05) is 5.32 Å². The van der Waals surface area contributed by atoms with Crippen molar-refractivity contribution in [3.05, 3.63) is 89.5 Å². The Morgan fingerprint density at radius 2 is 1.59 bits per heavy atom. The molecule has 0 radical (unpaired) electrons. The summed E-state index contributed by atoms with van der Waals surface area (Å²) in [5.41, 5.74) is 1.21. The molecule has 0 aliphatic rings. The van der Waals surface area contributed by atoms with E-state index in [1.807, 2.05) is 0 Å². The Kier molecular flexibility index (Phi) is 5.00. The molecule has 0 atom stereocenters. The number of carbonyl (C=O) groups is 1. The van der Waals surface area contributed by atoms with Gasteiger partial charge in [0.05, 0.1) is 5.56 Å². The second-order valence-electron chi connectivity index (χ2n) is 5.80. The van der Waals surface area contributed by atoms with E-state index in [2.05, 4.69) is 11.2 Å². The number of hydrogen-bond donors (Lipinski definition) is 1.